The van der Waals surface area contributed by atoms with Crippen LogP contribution < -0.4 is 25.1 Å². The van der Waals surface area contributed by atoms with Gasteiger partial charge in [0.15, 0.2) is 6.61 Å². The van der Waals surface area contributed by atoms with Gasteiger partial charge in [0.1, 0.15) is 30.5 Å². The first-order chi connectivity index (χ1) is 22.6. The molecule has 5 aromatic carbocycles. The molecule has 5 aromatic rings. The summed E-state index contributed by atoms with van der Waals surface area (Å²) in [6.45, 7) is 0.612. The van der Waals surface area contributed by atoms with Crippen LogP contribution in [0.2, 0.25) is 0 Å². The maximum absolute atomic E-state index is 12.8. The molecule has 0 saturated carbocycles. The van der Waals surface area contributed by atoms with Gasteiger partial charge in [0, 0.05) is 0 Å². The third-order valence-corrected chi connectivity index (χ3v) is 6.53. The van der Waals surface area contributed by atoms with Gasteiger partial charge < -0.3 is 14.2 Å². The maximum atomic E-state index is 12.8. The Morgan fingerprint density at radius 3 is 1.57 bits per heavy atom. The van der Waals surface area contributed by atoms with E-state index in [-0.39, 0.29) is 17.9 Å². The van der Waals surface area contributed by atoms with Gasteiger partial charge in [-0.1, -0.05) is 72.8 Å². The molecule has 230 valence electrons. The number of hydrazone groups is 2. The van der Waals surface area contributed by atoms with Crippen LogP contribution in [0.5, 0.6) is 17.2 Å². The van der Waals surface area contributed by atoms with Crippen molar-refractivity contribution in [2.45, 2.75) is 13.2 Å². The van der Waals surface area contributed by atoms with Crippen LogP contribution in [-0.2, 0) is 18.0 Å². The standard InChI is InChI=1S/C37H32N4O5/c42-36(40-38-23-28-15-19-32(20-16-28)44-25-30-9-3-1-4-10-30)27-46-35-14-8-7-13-34(35)37(43)41-39-24-29-17-21-33(22-18-29)45-26-31-11-5-2-6-12-31/h1-24H,25-27H2,(H,40,42)(H,41,43). The van der Waals surface area contributed by atoms with Gasteiger partial charge in [0.2, 0.25) is 0 Å². The van der Waals surface area contributed by atoms with Crippen molar-refractivity contribution in [2.75, 3.05) is 6.61 Å². The topological polar surface area (TPSA) is 111 Å². The number of nitrogens with zero attached hydrogens (tertiary/aromatic N) is 2. The predicted octanol–water partition coefficient (Wildman–Crippen LogP) is 6.14. The maximum Gasteiger partial charge on any atom is 0.277 e. The summed E-state index contributed by atoms with van der Waals surface area (Å²) in [4.78, 5) is 25.1. The molecular formula is C37H32N4O5. The van der Waals surface area contributed by atoms with E-state index in [1.807, 2.05) is 109 Å². The van der Waals surface area contributed by atoms with Crippen LogP contribution in [0.1, 0.15) is 32.6 Å². The van der Waals surface area contributed by atoms with Gasteiger partial charge in [0.05, 0.1) is 18.0 Å². The molecule has 0 fully saturated rings. The average molecular weight is 613 g/mol. The molecule has 0 saturated heterocycles. The van der Waals surface area contributed by atoms with Gasteiger partial charge in [-0.3, -0.25) is 9.59 Å². The molecule has 9 heteroatoms. The number of benzene rings is 5. The smallest absolute Gasteiger partial charge is 0.277 e. The predicted molar refractivity (Wildman–Crippen MR) is 177 cm³/mol. The Labute approximate surface area is 267 Å². The fourth-order valence-electron chi connectivity index (χ4n) is 4.14. The van der Waals surface area contributed by atoms with Crippen molar-refractivity contribution in [3.05, 3.63) is 161 Å². The lowest BCUT2D eigenvalue weighted by molar-refractivity contribution is -0.123. The number of carbonyl (C=O) groups is 2. The van der Waals surface area contributed by atoms with Crippen LogP contribution >= 0.6 is 0 Å². The lowest BCUT2D eigenvalue weighted by atomic mass is 10.2. The van der Waals surface area contributed by atoms with E-state index in [4.69, 9.17) is 14.2 Å². The number of carbonyl (C=O) groups excluding carboxylic acids is 2. The summed E-state index contributed by atoms with van der Waals surface area (Å²) in [5, 5.41) is 8.03. The molecule has 0 aliphatic heterocycles. The highest BCUT2D eigenvalue weighted by Gasteiger charge is 2.13. The van der Waals surface area contributed by atoms with Crippen LogP contribution in [-0.4, -0.2) is 30.9 Å². The Kier molecular flexibility index (Phi) is 11.2. The summed E-state index contributed by atoms with van der Waals surface area (Å²) in [5.41, 5.74) is 8.87. The molecule has 9 nitrogen and oxygen atoms in total. The van der Waals surface area contributed by atoms with Crippen molar-refractivity contribution >= 4 is 24.2 Å². The first kappa shape index (κ1) is 31.2. The van der Waals surface area contributed by atoms with E-state index in [0.717, 1.165) is 33.8 Å². The molecule has 0 unspecified atom stereocenters. The number of hydrogen-bond acceptors (Lipinski definition) is 7. The van der Waals surface area contributed by atoms with Crippen molar-refractivity contribution in [2.24, 2.45) is 10.2 Å². The highest BCUT2D eigenvalue weighted by Crippen LogP contribution is 2.18. The minimum atomic E-state index is -0.483. The van der Waals surface area contributed by atoms with Gasteiger partial charge in [-0.25, -0.2) is 10.9 Å². The summed E-state index contributed by atoms with van der Waals surface area (Å²) < 4.78 is 17.2. The molecule has 46 heavy (non-hydrogen) atoms. The first-order valence-corrected chi connectivity index (χ1v) is 14.5. The van der Waals surface area contributed by atoms with E-state index >= 15 is 0 Å². The summed E-state index contributed by atoms with van der Waals surface area (Å²) in [5.74, 6) is 0.726. The molecule has 0 radical (unpaired) electrons. The van der Waals surface area contributed by atoms with Crippen molar-refractivity contribution in [3.8, 4) is 17.2 Å². The van der Waals surface area contributed by atoms with Gasteiger partial charge in [0.25, 0.3) is 11.8 Å². The molecule has 0 aliphatic carbocycles. The summed E-state index contributed by atoms with van der Waals surface area (Å²) in [6, 6.07) is 41.1. The molecule has 2 amide bonds. The molecule has 0 aliphatic rings. The minimum absolute atomic E-state index is 0.232. The van der Waals surface area contributed by atoms with Crippen LogP contribution in [0.4, 0.5) is 0 Å². The lowest BCUT2D eigenvalue weighted by Crippen LogP contribution is -2.25. The van der Waals surface area contributed by atoms with Crippen LogP contribution in [0, 0.1) is 0 Å². The molecule has 0 aromatic heterocycles. The highest BCUT2D eigenvalue weighted by molar-refractivity contribution is 5.97. The Morgan fingerprint density at radius 1 is 0.543 bits per heavy atom. The third kappa shape index (κ3) is 9.92. The fraction of sp³-hybridized carbons (Fsp3) is 0.0811. The quantitative estimate of drug-likeness (QED) is 0.116. The second-order valence-corrected chi connectivity index (χ2v) is 9.96. The zero-order valence-corrected chi connectivity index (χ0v) is 24.9. The zero-order valence-electron chi connectivity index (χ0n) is 24.9. The van der Waals surface area contributed by atoms with E-state index < -0.39 is 11.8 Å². The molecule has 0 heterocycles. The number of ether oxygens (including phenoxy) is 3. The molecule has 2 N–H and O–H groups in total. The highest BCUT2D eigenvalue weighted by atomic mass is 16.5. The largest absolute Gasteiger partial charge is 0.489 e. The van der Waals surface area contributed by atoms with E-state index in [9.17, 15) is 9.59 Å². The van der Waals surface area contributed by atoms with Gasteiger partial charge in [-0.05, 0) is 82.9 Å². The van der Waals surface area contributed by atoms with Crippen LogP contribution in [0.3, 0.4) is 0 Å². The van der Waals surface area contributed by atoms with Crippen molar-refractivity contribution in [1.29, 1.82) is 0 Å². The molecule has 0 atom stereocenters. The summed E-state index contributed by atoms with van der Waals surface area (Å²) >= 11 is 0. The molecule has 5 rings (SSSR count). The van der Waals surface area contributed by atoms with E-state index in [0.29, 0.717) is 13.2 Å². The normalized spacial score (nSPS) is 10.9. The second-order valence-electron chi connectivity index (χ2n) is 9.96. The number of nitrogens with one attached hydrogen (secondary N) is 2. The Bertz CT molecular complexity index is 1760. The number of amides is 2. The molecule has 0 spiro atoms. The third-order valence-electron chi connectivity index (χ3n) is 6.53. The Morgan fingerprint density at radius 2 is 1.02 bits per heavy atom. The van der Waals surface area contributed by atoms with Crippen molar-refractivity contribution in [3.63, 3.8) is 0 Å². The Hall–Kier alpha value is -6.22. The minimum Gasteiger partial charge on any atom is -0.489 e. The van der Waals surface area contributed by atoms with E-state index in [1.165, 1.54) is 12.4 Å². The monoisotopic (exact) mass is 612 g/mol. The van der Waals surface area contributed by atoms with Gasteiger partial charge in [-0.2, -0.15) is 10.2 Å². The first-order valence-electron chi connectivity index (χ1n) is 14.5. The average Bonchev–Trinajstić information content (AvgIpc) is 3.11. The lowest BCUT2D eigenvalue weighted by Gasteiger charge is -2.09. The fourth-order valence-corrected chi connectivity index (χ4v) is 4.14. The van der Waals surface area contributed by atoms with E-state index in [2.05, 4.69) is 21.1 Å². The van der Waals surface area contributed by atoms with Gasteiger partial charge in [-0.15, -0.1) is 0 Å². The number of hydrogen-bond donors (Lipinski definition) is 2. The van der Waals surface area contributed by atoms with Crippen LogP contribution in [0.25, 0.3) is 0 Å². The van der Waals surface area contributed by atoms with Crippen molar-refractivity contribution < 1.29 is 23.8 Å². The Balaban J connectivity index is 1.04. The SMILES string of the molecule is O=C(COc1ccccc1C(=O)NN=Cc1ccc(OCc2ccccc2)cc1)NN=Cc1ccc(OCc2ccccc2)cc1. The number of rotatable bonds is 14. The molecular weight excluding hydrogens is 580 g/mol. The summed E-state index contributed by atoms with van der Waals surface area (Å²) in [6.07, 6.45) is 3.04. The zero-order chi connectivity index (χ0) is 31.8. The van der Waals surface area contributed by atoms with E-state index in [1.54, 1.807) is 24.3 Å². The summed E-state index contributed by atoms with van der Waals surface area (Å²) in [7, 11) is 0. The number of para-hydroxylation sites is 1. The van der Waals surface area contributed by atoms with Crippen molar-refractivity contribution in [1.82, 2.24) is 10.9 Å². The second kappa shape index (κ2) is 16.6. The van der Waals surface area contributed by atoms with Gasteiger partial charge >= 0.3 is 0 Å². The molecule has 0 bridgehead atoms. The van der Waals surface area contributed by atoms with Crippen LogP contribution in [0.15, 0.2) is 144 Å².